The van der Waals surface area contributed by atoms with Crippen LogP contribution in [0.4, 0.5) is 0 Å². The Kier molecular flexibility index (Phi) is 6.81. The van der Waals surface area contributed by atoms with Crippen molar-refractivity contribution in [2.24, 2.45) is 0 Å². The van der Waals surface area contributed by atoms with Gasteiger partial charge in [-0.2, -0.15) is 5.10 Å². The highest BCUT2D eigenvalue weighted by Gasteiger charge is 2.24. The van der Waals surface area contributed by atoms with Gasteiger partial charge in [-0.25, -0.2) is 4.68 Å². The van der Waals surface area contributed by atoms with Crippen LogP contribution in [0, 0.1) is 0 Å². The quantitative estimate of drug-likeness (QED) is 0.755. The van der Waals surface area contributed by atoms with Crippen molar-refractivity contribution in [3.05, 3.63) is 58.0 Å². The molecule has 7 heteroatoms. The summed E-state index contributed by atoms with van der Waals surface area (Å²) < 4.78 is 6.70. The standard InChI is InChI=1S/C21H28N4O3/c1-3-11-25-20(26)10-9-18(23-25)21(27)22-15-19(24-12-4-5-13-24)16-7-6-8-17(14-16)28-2/h6-10,14,19H,3-5,11-13,15H2,1-2H3,(H,22,27). The molecular weight excluding hydrogens is 356 g/mol. The molecule has 0 bridgehead atoms. The molecule has 0 aliphatic carbocycles. The van der Waals surface area contributed by atoms with Crippen molar-refractivity contribution in [3.63, 3.8) is 0 Å². The first-order valence-corrected chi connectivity index (χ1v) is 9.86. The summed E-state index contributed by atoms with van der Waals surface area (Å²) in [5.74, 6) is 0.540. The van der Waals surface area contributed by atoms with Crippen molar-refractivity contribution in [3.8, 4) is 5.75 Å². The van der Waals surface area contributed by atoms with Crippen molar-refractivity contribution >= 4 is 5.91 Å². The fraction of sp³-hybridized carbons (Fsp3) is 0.476. The third-order valence-corrected chi connectivity index (χ3v) is 5.05. The number of likely N-dealkylation sites (tertiary alicyclic amines) is 1. The molecule has 1 aliphatic rings. The number of benzene rings is 1. The Balaban J connectivity index is 1.75. The first-order valence-electron chi connectivity index (χ1n) is 9.86. The maximum Gasteiger partial charge on any atom is 0.271 e. The minimum atomic E-state index is -0.267. The van der Waals surface area contributed by atoms with Crippen LogP contribution in [-0.2, 0) is 6.54 Å². The first kappa shape index (κ1) is 20.1. The van der Waals surface area contributed by atoms with Gasteiger partial charge in [-0.1, -0.05) is 19.1 Å². The topological polar surface area (TPSA) is 76.5 Å². The van der Waals surface area contributed by atoms with Gasteiger partial charge < -0.3 is 10.1 Å². The van der Waals surface area contributed by atoms with Crippen LogP contribution in [-0.4, -0.2) is 47.3 Å². The Morgan fingerprint density at radius 3 is 2.75 bits per heavy atom. The van der Waals surface area contributed by atoms with Crippen molar-refractivity contribution in [1.29, 1.82) is 0 Å². The van der Waals surface area contributed by atoms with Gasteiger partial charge in [-0.15, -0.1) is 0 Å². The molecule has 1 amide bonds. The number of hydrogen-bond donors (Lipinski definition) is 1. The van der Waals surface area contributed by atoms with E-state index in [0.717, 1.165) is 43.7 Å². The number of carbonyl (C=O) groups excluding carboxylic acids is 1. The average Bonchev–Trinajstić information content (AvgIpc) is 3.24. The molecule has 1 aliphatic heterocycles. The monoisotopic (exact) mass is 384 g/mol. The number of nitrogens with zero attached hydrogens (tertiary/aromatic N) is 3. The van der Waals surface area contributed by atoms with Crippen LogP contribution in [0.15, 0.2) is 41.2 Å². The maximum atomic E-state index is 12.7. The Morgan fingerprint density at radius 1 is 1.25 bits per heavy atom. The zero-order valence-electron chi connectivity index (χ0n) is 16.6. The van der Waals surface area contributed by atoms with E-state index >= 15 is 0 Å². The molecule has 1 aromatic carbocycles. The maximum absolute atomic E-state index is 12.7. The minimum absolute atomic E-state index is 0.0723. The highest BCUT2D eigenvalue weighted by Crippen LogP contribution is 2.27. The highest BCUT2D eigenvalue weighted by atomic mass is 16.5. The summed E-state index contributed by atoms with van der Waals surface area (Å²) in [6.45, 7) is 4.96. The van der Waals surface area contributed by atoms with Gasteiger partial charge in [-0.05, 0) is 56.1 Å². The zero-order valence-corrected chi connectivity index (χ0v) is 16.6. The first-order chi connectivity index (χ1) is 13.6. The summed E-state index contributed by atoms with van der Waals surface area (Å²) in [5, 5.41) is 7.20. The summed E-state index contributed by atoms with van der Waals surface area (Å²) in [6.07, 6.45) is 3.11. The number of amides is 1. The number of rotatable bonds is 8. The van der Waals surface area contributed by atoms with Crippen LogP contribution < -0.4 is 15.6 Å². The normalized spacial score (nSPS) is 15.4. The number of hydrogen-bond acceptors (Lipinski definition) is 5. The average molecular weight is 384 g/mol. The van der Waals surface area contributed by atoms with Crippen molar-refractivity contribution in [2.45, 2.75) is 38.8 Å². The molecule has 150 valence electrons. The predicted molar refractivity (Wildman–Crippen MR) is 108 cm³/mol. The number of nitrogens with one attached hydrogen (secondary N) is 1. The molecule has 1 atom stereocenters. The van der Waals surface area contributed by atoms with Crippen molar-refractivity contribution < 1.29 is 9.53 Å². The van der Waals surface area contributed by atoms with Gasteiger partial charge in [0.1, 0.15) is 11.4 Å². The lowest BCUT2D eigenvalue weighted by Gasteiger charge is -2.28. The van der Waals surface area contributed by atoms with E-state index in [2.05, 4.69) is 21.4 Å². The minimum Gasteiger partial charge on any atom is -0.497 e. The third kappa shape index (κ3) is 4.78. The van der Waals surface area contributed by atoms with Crippen LogP contribution in [0.2, 0.25) is 0 Å². The molecule has 7 nitrogen and oxygen atoms in total. The van der Waals surface area contributed by atoms with Crippen LogP contribution >= 0.6 is 0 Å². The molecule has 0 saturated carbocycles. The molecule has 0 radical (unpaired) electrons. The number of aromatic nitrogens is 2. The fourth-order valence-corrected chi connectivity index (χ4v) is 3.58. The summed E-state index contributed by atoms with van der Waals surface area (Å²) >= 11 is 0. The van der Waals surface area contributed by atoms with Crippen LogP contribution in [0.5, 0.6) is 5.75 Å². The second-order valence-corrected chi connectivity index (χ2v) is 7.03. The van der Waals surface area contributed by atoms with Gasteiger partial charge in [-0.3, -0.25) is 14.5 Å². The van der Waals surface area contributed by atoms with Gasteiger partial charge in [0, 0.05) is 19.2 Å². The van der Waals surface area contributed by atoms with E-state index in [-0.39, 0.29) is 23.2 Å². The molecule has 2 heterocycles. The summed E-state index contributed by atoms with van der Waals surface area (Å²) in [6, 6.07) is 10.9. The van der Waals surface area contributed by atoms with E-state index in [0.29, 0.717) is 13.1 Å². The summed E-state index contributed by atoms with van der Waals surface area (Å²) in [5.41, 5.74) is 1.19. The highest BCUT2D eigenvalue weighted by molar-refractivity contribution is 5.92. The Morgan fingerprint density at radius 2 is 2.04 bits per heavy atom. The number of carbonyl (C=O) groups is 1. The lowest BCUT2D eigenvalue weighted by molar-refractivity contribution is 0.0930. The van der Waals surface area contributed by atoms with Gasteiger partial charge in [0.05, 0.1) is 13.2 Å². The largest absolute Gasteiger partial charge is 0.497 e. The van der Waals surface area contributed by atoms with Crippen LogP contribution in [0.25, 0.3) is 0 Å². The second kappa shape index (κ2) is 9.50. The zero-order chi connectivity index (χ0) is 19.9. The molecule has 3 rings (SSSR count). The third-order valence-electron chi connectivity index (χ3n) is 5.05. The lowest BCUT2D eigenvalue weighted by Crippen LogP contribution is -2.37. The Labute approximate surface area is 165 Å². The second-order valence-electron chi connectivity index (χ2n) is 7.03. The fourth-order valence-electron chi connectivity index (χ4n) is 3.58. The van der Waals surface area contributed by atoms with E-state index in [1.165, 1.54) is 16.8 Å². The van der Waals surface area contributed by atoms with E-state index in [9.17, 15) is 9.59 Å². The van der Waals surface area contributed by atoms with Gasteiger partial charge in [0.2, 0.25) is 0 Å². The molecule has 1 saturated heterocycles. The molecular formula is C21H28N4O3. The predicted octanol–water partition coefficient (Wildman–Crippen LogP) is 2.23. The van der Waals surface area contributed by atoms with Crippen LogP contribution in [0.1, 0.15) is 48.3 Å². The smallest absolute Gasteiger partial charge is 0.271 e. The van der Waals surface area contributed by atoms with Crippen molar-refractivity contribution in [1.82, 2.24) is 20.0 Å². The summed E-state index contributed by atoms with van der Waals surface area (Å²) in [7, 11) is 1.66. The Bertz CT molecular complexity index is 859. The Hall–Kier alpha value is -2.67. The lowest BCUT2D eigenvalue weighted by atomic mass is 10.0. The molecule has 28 heavy (non-hydrogen) atoms. The van der Waals surface area contributed by atoms with E-state index in [1.807, 2.05) is 25.1 Å². The summed E-state index contributed by atoms with van der Waals surface area (Å²) in [4.78, 5) is 26.9. The molecule has 1 unspecified atom stereocenters. The molecule has 1 aromatic heterocycles. The van der Waals surface area contributed by atoms with Crippen molar-refractivity contribution in [2.75, 3.05) is 26.7 Å². The number of methoxy groups -OCH3 is 1. The van der Waals surface area contributed by atoms with Crippen LogP contribution in [0.3, 0.4) is 0 Å². The molecule has 0 spiro atoms. The van der Waals surface area contributed by atoms with E-state index in [4.69, 9.17) is 4.74 Å². The van der Waals surface area contributed by atoms with Gasteiger partial charge >= 0.3 is 0 Å². The van der Waals surface area contributed by atoms with E-state index in [1.54, 1.807) is 7.11 Å². The molecule has 2 aromatic rings. The van der Waals surface area contributed by atoms with Gasteiger partial charge in [0.15, 0.2) is 0 Å². The molecule has 1 N–H and O–H groups in total. The number of aryl methyl sites for hydroxylation is 1. The van der Waals surface area contributed by atoms with Gasteiger partial charge in [0.25, 0.3) is 11.5 Å². The SMILES string of the molecule is CCCn1nc(C(=O)NCC(c2cccc(OC)c2)N2CCCC2)ccc1=O. The number of ether oxygens (including phenoxy) is 1. The van der Waals surface area contributed by atoms with E-state index < -0.39 is 0 Å². The molecule has 1 fully saturated rings.